The lowest BCUT2D eigenvalue weighted by molar-refractivity contribution is -0.0886. The van der Waals surface area contributed by atoms with Gasteiger partial charge in [0.1, 0.15) is 5.69 Å². The Morgan fingerprint density at radius 2 is 1.60 bits per heavy atom. The molecule has 1 aromatic rings. The number of carbonyl (C=O) groups is 1. The van der Waals surface area contributed by atoms with Crippen LogP contribution in [0.4, 0.5) is 20.7 Å². The van der Waals surface area contributed by atoms with Gasteiger partial charge in [-0.1, -0.05) is 116 Å². The van der Waals surface area contributed by atoms with Crippen LogP contribution in [0.2, 0.25) is 0 Å². The molecule has 2 aliphatic rings. The second kappa shape index (κ2) is 20.4. The lowest BCUT2D eigenvalue weighted by Gasteiger charge is -2.27. The van der Waals surface area contributed by atoms with Gasteiger partial charge in [-0.3, -0.25) is 4.99 Å². The number of halogens is 1. The standard InChI is InChI=1S/C35H55FN4O5/c1-3-5-6-7-8-9-10-11-12-13-14-15-16-17-18-19-20-23-43-34(42)44-30-24-29(45-35(30,4-2)26-41)27-21-22-28-31(38-25-27)32(37)40-33(36)39-28/h2,25,27,29-30,41H,3,5-24,26H2,1H3,(H2,37,39,40)/t27?,29-,30+,35-/m1/s1. The topological polar surface area (TPSA) is 129 Å². The third-order valence-electron chi connectivity index (χ3n) is 9.06. The number of fused-ring (bicyclic) bond motifs is 1. The summed E-state index contributed by atoms with van der Waals surface area (Å²) in [4.78, 5) is 24.3. The summed E-state index contributed by atoms with van der Waals surface area (Å²) >= 11 is 0. The van der Waals surface area contributed by atoms with Crippen LogP contribution < -0.4 is 5.73 Å². The minimum absolute atomic E-state index is 0.0291. The first-order valence-corrected chi connectivity index (χ1v) is 17.4. The van der Waals surface area contributed by atoms with Crippen LogP contribution in [-0.2, 0) is 20.6 Å². The van der Waals surface area contributed by atoms with E-state index >= 15 is 0 Å². The van der Waals surface area contributed by atoms with Crippen molar-refractivity contribution < 1.29 is 28.5 Å². The number of aromatic nitrogens is 2. The van der Waals surface area contributed by atoms with Crippen molar-refractivity contribution in [1.29, 1.82) is 0 Å². The van der Waals surface area contributed by atoms with E-state index in [-0.39, 0.29) is 24.8 Å². The van der Waals surface area contributed by atoms with Crippen molar-refractivity contribution in [3.05, 3.63) is 11.8 Å². The minimum atomic E-state index is -1.49. The Morgan fingerprint density at radius 3 is 2.16 bits per heavy atom. The summed E-state index contributed by atoms with van der Waals surface area (Å²) < 4.78 is 30.6. The first-order valence-electron chi connectivity index (χ1n) is 17.4. The van der Waals surface area contributed by atoms with Gasteiger partial charge in [0.25, 0.3) is 0 Å². The maximum atomic E-state index is 13.6. The number of nitrogens with zero attached hydrogens (tertiary/aromatic N) is 3. The normalized spacial score (nSPS) is 22.5. The van der Waals surface area contributed by atoms with Crippen molar-refractivity contribution in [2.75, 3.05) is 18.9 Å². The number of rotatable bonds is 21. The van der Waals surface area contributed by atoms with Crippen LogP contribution in [0.3, 0.4) is 0 Å². The van der Waals surface area contributed by atoms with Crippen LogP contribution in [-0.4, -0.2) is 58.5 Å². The molecule has 4 atom stereocenters. The molecule has 3 N–H and O–H groups in total. The molecule has 3 heterocycles. The first kappa shape index (κ1) is 36.7. The maximum Gasteiger partial charge on any atom is 0.508 e. The molecule has 0 aliphatic carbocycles. The van der Waals surface area contributed by atoms with Gasteiger partial charge < -0.3 is 25.1 Å². The summed E-state index contributed by atoms with van der Waals surface area (Å²) in [7, 11) is 0. The fourth-order valence-electron chi connectivity index (χ4n) is 6.28. The molecule has 1 aromatic heterocycles. The molecule has 10 heteroatoms. The number of nitrogens with two attached hydrogens (primary N) is 1. The molecule has 0 bridgehead atoms. The molecule has 9 nitrogen and oxygen atoms in total. The van der Waals surface area contributed by atoms with Crippen molar-refractivity contribution in [3.63, 3.8) is 0 Å². The number of ether oxygens (including phenoxy) is 3. The second-order valence-corrected chi connectivity index (χ2v) is 12.6. The van der Waals surface area contributed by atoms with Gasteiger partial charge in [0.15, 0.2) is 17.5 Å². The molecular formula is C35H55FN4O5. The molecule has 252 valence electrons. The summed E-state index contributed by atoms with van der Waals surface area (Å²) in [6.07, 6.45) is 27.3. The predicted octanol–water partition coefficient (Wildman–Crippen LogP) is 7.79. The van der Waals surface area contributed by atoms with E-state index in [0.717, 1.165) is 19.3 Å². The summed E-state index contributed by atoms with van der Waals surface area (Å²) in [5.41, 5.74) is 5.09. The largest absolute Gasteiger partial charge is 0.508 e. The maximum absolute atomic E-state index is 13.6. The highest BCUT2D eigenvalue weighted by Crippen LogP contribution is 2.39. The zero-order valence-electron chi connectivity index (χ0n) is 27.3. The van der Waals surface area contributed by atoms with Gasteiger partial charge in [-0.15, -0.1) is 6.42 Å². The first-order chi connectivity index (χ1) is 21.9. The third kappa shape index (κ3) is 12.2. The molecule has 1 saturated heterocycles. The predicted molar refractivity (Wildman–Crippen MR) is 175 cm³/mol. The van der Waals surface area contributed by atoms with Gasteiger partial charge >= 0.3 is 12.2 Å². The second-order valence-electron chi connectivity index (χ2n) is 12.6. The number of aliphatic imine (C=N–C) groups is 1. The molecule has 1 fully saturated rings. The number of aliphatic hydroxyl groups is 1. The Labute approximate surface area is 269 Å². The molecular weight excluding hydrogens is 575 g/mol. The van der Waals surface area contributed by atoms with E-state index in [0.29, 0.717) is 24.2 Å². The van der Waals surface area contributed by atoms with E-state index in [1.807, 2.05) is 0 Å². The van der Waals surface area contributed by atoms with Crippen LogP contribution in [0.1, 0.15) is 135 Å². The quantitative estimate of drug-likeness (QED) is 0.0609. The number of hydrogen-bond acceptors (Lipinski definition) is 9. The van der Waals surface area contributed by atoms with Gasteiger partial charge in [-0.2, -0.15) is 9.37 Å². The summed E-state index contributed by atoms with van der Waals surface area (Å²) in [6, 6.07) is 0. The highest BCUT2D eigenvalue weighted by molar-refractivity contribution is 5.73. The summed E-state index contributed by atoms with van der Waals surface area (Å²) in [5, 5.41) is 10.1. The van der Waals surface area contributed by atoms with Gasteiger partial charge in [0.05, 0.1) is 25.0 Å². The van der Waals surface area contributed by atoms with Crippen molar-refractivity contribution in [2.45, 2.75) is 153 Å². The number of nitrogen functional groups attached to an aromatic ring is 1. The van der Waals surface area contributed by atoms with E-state index in [2.05, 4.69) is 27.8 Å². The third-order valence-corrected chi connectivity index (χ3v) is 9.06. The number of hydrogen-bond donors (Lipinski definition) is 2. The Morgan fingerprint density at radius 1 is 1.02 bits per heavy atom. The number of unbranched alkanes of at least 4 members (excludes halogenated alkanes) is 16. The lowest BCUT2D eigenvalue weighted by atomic mass is 9.92. The number of aryl methyl sites for hydroxylation is 1. The van der Waals surface area contributed by atoms with Crippen LogP contribution in [0.15, 0.2) is 4.99 Å². The van der Waals surface area contributed by atoms with Crippen molar-refractivity contribution in [3.8, 4) is 12.3 Å². The molecule has 0 saturated carbocycles. The molecule has 0 radical (unpaired) electrons. The van der Waals surface area contributed by atoms with Gasteiger partial charge in [0.2, 0.25) is 0 Å². The van der Waals surface area contributed by atoms with Crippen LogP contribution >= 0.6 is 0 Å². The number of aliphatic hydroxyl groups excluding tert-OH is 1. The molecule has 3 rings (SSSR count). The van der Waals surface area contributed by atoms with Gasteiger partial charge in [-0.25, -0.2) is 9.78 Å². The molecule has 0 aromatic carbocycles. The van der Waals surface area contributed by atoms with E-state index in [4.69, 9.17) is 26.4 Å². The number of terminal acetylenes is 1. The van der Waals surface area contributed by atoms with Crippen molar-refractivity contribution >= 4 is 23.9 Å². The SMILES string of the molecule is C#C[C@]1(CO)O[C@@H](C2C=Nc3c(N)nc(F)nc3CC2)C[C@@H]1OC(=O)OCCCCCCCCCCCCCCCCCCC. The monoisotopic (exact) mass is 630 g/mol. The van der Waals surface area contributed by atoms with Crippen LogP contribution in [0.25, 0.3) is 0 Å². The Hall–Kier alpha value is -2.77. The summed E-state index contributed by atoms with van der Waals surface area (Å²) in [6.45, 7) is 2.01. The van der Waals surface area contributed by atoms with Crippen LogP contribution in [0, 0.1) is 24.3 Å². The van der Waals surface area contributed by atoms with E-state index < -0.39 is 36.6 Å². The smallest absolute Gasteiger partial charge is 0.434 e. The van der Waals surface area contributed by atoms with Crippen LogP contribution in [0.5, 0.6) is 0 Å². The molecule has 1 unspecified atom stereocenters. The molecule has 2 aliphatic heterocycles. The van der Waals surface area contributed by atoms with Gasteiger partial charge in [-0.05, 0) is 19.3 Å². The highest BCUT2D eigenvalue weighted by atomic mass is 19.1. The highest BCUT2D eigenvalue weighted by Gasteiger charge is 2.52. The van der Waals surface area contributed by atoms with E-state index in [1.165, 1.54) is 89.9 Å². The average molecular weight is 631 g/mol. The number of carbonyl (C=O) groups excluding carboxylic acids is 1. The van der Waals surface area contributed by atoms with Crippen molar-refractivity contribution in [1.82, 2.24) is 9.97 Å². The Kier molecular flexibility index (Phi) is 16.6. The fourth-order valence-corrected chi connectivity index (χ4v) is 6.28. The molecule has 0 spiro atoms. The summed E-state index contributed by atoms with van der Waals surface area (Å²) in [5.74, 6) is 2.21. The van der Waals surface area contributed by atoms with E-state index in [9.17, 15) is 14.3 Å². The lowest BCUT2D eigenvalue weighted by Crippen LogP contribution is -2.44. The zero-order valence-corrected chi connectivity index (χ0v) is 27.3. The molecule has 0 amide bonds. The van der Waals surface area contributed by atoms with Crippen molar-refractivity contribution in [2.24, 2.45) is 10.9 Å². The Bertz CT molecular complexity index is 1100. The number of anilines is 1. The zero-order chi connectivity index (χ0) is 32.3. The Balaban J connectivity index is 1.25. The average Bonchev–Trinajstić information content (AvgIpc) is 3.24. The van der Waals surface area contributed by atoms with Gasteiger partial charge in [0, 0.05) is 18.6 Å². The fraction of sp³-hybridized carbons (Fsp3) is 0.771. The minimum Gasteiger partial charge on any atom is -0.434 e. The van der Waals surface area contributed by atoms with E-state index in [1.54, 1.807) is 6.21 Å². The molecule has 45 heavy (non-hydrogen) atoms.